The summed E-state index contributed by atoms with van der Waals surface area (Å²) in [6, 6.07) is 6.06. The second kappa shape index (κ2) is 7.08. The third-order valence-corrected chi connectivity index (χ3v) is 4.78. The van der Waals surface area contributed by atoms with Crippen molar-refractivity contribution in [1.29, 1.82) is 0 Å². The fourth-order valence-electron chi connectivity index (χ4n) is 3.42. The van der Waals surface area contributed by atoms with Crippen LogP contribution in [0.15, 0.2) is 47.7 Å². The highest BCUT2D eigenvalue weighted by molar-refractivity contribution is 6.03. The van der Waals surface area contributed by atoms with Crippen LogP contribution in [0.3, 0.4) is 0 Å². The Morgan fingerprint density at radius 3 is 2.66 bits per heavy atom. The summed E-state index contributed by atoms with van der Waals surface area (Å²) in [5, 5.41) is 2.60. The van der Waals surface area contributed by atoms with Crippen molar-refractivity contribution >= 4 is 17.7 Å². The number of rotatable bonds is 3. The summed E-state index contributed by atoms with van der Waals surface area (Å²) in [6.07, 6.45) is 0. The van der Waals surface area contributed by atoms with E-state index >= 15 is 0 Å². The molecule has 1 unspecified atom stereocenters. The maximum atomic E-state index is 14.4. The lowest BCUT2D eigenvalue weighted by Gasteiger charge is -2.35. The number of halogens is 2. The molecule has 0 saturated carbocycles. The van der Waals surface area contributed by atoms with Gasteiger partial charge in [-0.3, -0.25) is 4.90 Å². The zero-order valence-corrected chi connectivity index (χ0v) is 15.5. The minimum absolute atomic E-state index is 0.0234. The average Bonchev–Trinajstić information content (AvgIpc) is 3.15. The van der Waals surface area contributed by atoms with Gasteiger partial charge in [0.25, 0.3) is 0 Å². The quantitative estimate of drug-likeness (QED) is 0.797. The number of benzene rings is 2. The number of allylic oxidation sites excluding steroid dienone is 1. The van der Waals surface area contributed by atoms with Crippen LogP contribution in [0.25, 0.3) is 0 Å². The van der Waals surface area contributed by atoms with Crippen LogP contribution in [0.2, 0.25) is 0 Å². The van der Waals surface area contributed by atoms with Crippen LogP contribution in [0.5, 0.6) is 11.5 Å². The van der Waals surface area contributed by atoms with Gasteiger partial charge in [-0.1, -0.05) is 6.07 Å². The maximum Gasteiger partial charge on any atom is 0.337 e. The SMILES string of the molecule is COC(=O)C1=C(C)N(c2ccc3c(c2)OCO3)C(=O)NC1c1ccc(F)cc1F. The van der Waals surface area contributed by atoms with E-state index in [1.54, 1.807) is 25.1 Å². The van der Waals surface area contributed by atoms with E-state index in [9.17, 15) is 18.4 Å². The minimum Gasteiger partial charge on any atom is -0.466 e. The van der Waals surface area contributed by atoms with Crippen molar-refractivity contribution in [1.82, 2.24) is 5.32 Å². The molecule has 1 N–H and O–H groups in total. The Morgan fingerprint density at radius 2 is 1.93 bits per heavy atom. The number of hydrogen-bond acceptors (Lipinski definition) is 5. The Bertz CT molecular complexity index is 1050. The highest BCUT2D eigenvalue weighted by atomic mass is 19.1. The molecule has 1 atom stereocenters. The van der Waals surface area contributed by atoms with Crippen molar-refractivity contribution in [3.05, 3.63) is 64.9 Å². The molecule has 0 spiro atoms. The zero-order valence-electron chi connectivity index (χ0n) is 15.5. The molecule has 29 heavy (non-hydrogen) atoms. The Morgan fingerprint density at radius 1 is 1.17 bits per heavy atom. The highest BCUT2D eigenvalue weighted by Gasteiger charge is 2.38. The maximum absolute atomic E-state index is 14.4. The molecule has 4 rings (SSSR count). The smallest absolute Gasteiger partial charge is 0.337 e. The third kappa shape index (κ3) is 3.14. The summed E-state index contributed by atoms with van der Waals surface area (Å²) in [6.45, 7) is 1.61. The average molecular weight is 402 g/mol. The minimum atomic E-state index is -1.14. The normalized spacial score (nSPS) is 18.0. The van der Waals surface area contributed by atoms with Gasteiger partial charge in [-0.2, -0.15) is 0 Å². The number of amides is 2. The number of carbonyl (C=O) groups is 2. The second-order valence-corrected chi connectivity index (χ2v) is 6.41. The van der Waals surface area contributed by atoms with E-state index in [0.717, 1.165) is 6.07 Å². The van der Waals surface area contributed by atoms with Gasteiger partial charge in [0.05, 0.1) is 24.4 Å². The molecule has 0 bridgehead atoms. The highest BCUT2D eigenvalue weighted by Crippen LogP contribution is 2.39. The van der Waals surface area contributed by atoms with Crippen molar-refractivity contribution in [2.24, 2.45) is 0 Å². The lowest BCUT2D eigenvalue weighted by atomic mass is 9.94. The third-order valence-electron chi connectivity index (χ3n) is 4.78. The van der Waals surface area contributed by atoms with Gasteiger partial charge in [0, 0.05) is 23.4 Å². The molecular weight excluding hydrogens is 386 g/mol. The predicted molar refractivity (Wildman–Crippen MR) is 97.4 cm³/mol. The van der Waals surface area contributed by atoms with Gasteiger partial charge in [0.1, 0.15) is 11.6 Å². The number of anilines is 1. The fraction of sp³-hybridized carbons (Fsp3) is 0.200. The molecule has 0 aliphatic carbocycles. The van der Waals surface area contributed by atoms with E-state index in [0.29, 0.717) is 23.3 Å². The summed E-state index contributed by atoms with van der Waals surface area (Å²) in [5.74, 6) is -1.42. The molecule has 2 aliphatic rings. The number of nitrogens with zero attached hydrogens (tertiary/aromatic N) is 1. The number of methoxy groups -OCH3 is 1. The number of carbonyl (C=O) groups excluding carboxylic acids is 2. The first-order valence-electron chi connectivity index (χ1n) is 8.65. The van der Waals surface area contributed by atoms with Crippen LogP contribution in [-0.4, -0.2) is 25.9 Å². The molecule has 2 heterocycles. The number of urea groups is 1. The summed E-state index contributed by atoms with van der Waals surface area (Å²) in [4.78, 5) is 26.7. The Kier molecular flexibility index (Phi) is 4.57. The standard InChI is InChI=1S/C20H16F2N2O5/c1-10-17(19(25)27-2)18(13-5-3-11(21)7-14(13)22)23-20(26)24(10)12-4-6-15-16(8-12)29-9-28-15/h3-8,18H,9H2,1-2H3,(H,23,26). The van der Waals surface area contributed by atoms with Gasteiger partial charge in [-0.15, -0.1) is 0 Å². The van der Waals surface area contributed by atoms with Crippen molar-refractivity contribution < 1.29 is 32.6 Å². The Balaban J connectivity index is 1.83. The van der Waals surface area contributed by atoms with Gasteiger partial charge in [-0.05, 0) is 25.1 Å². The molecule has 2 aliphatic heterocycles. The topological polar surface area (TPSA) is 77.1 Å². The Labute approximate surface area is 164 Å². The number of esters is 1. The molecular formula is C20H16F2N2O5. The van der Waals surface area contributed by atoms with E-state index in [1.807, 2.05) is 0 Å². The van der Waals surface area contributed by atoms with Crippen LogP contribution in [0.4, 0.5) is 19.3 Å². The number of fused-ring (bicyclic) bond motifs is 1. The lowest BCUT2D eigenvalue weighted by Crippen LogP contribution is -2.48. The number of ether oxygens (including phenoxy) is 3. The van der Waals surface area contributed by atoms with E-state index < -0.39 is 29.7 Å². The van der Waals surface area contributed by atoms with Crippen LogP contribution in [0, 0.1) is 11.6 Å². The van der Waals surface area contributed by atoms with E-state index in [-0.39, 0.29) is 23.6 Å². The van der Waals surface area contributed by atoms with E-state index in [4.69, 9.17) is 14.2 Å². The van der Waals surface area contributed by atoms with Gasteiger partial charge < -0.3 is 19.5 Å². The van der Waals surface area contributed by atoms with Crippen LogP contribution < -0.4 is 19.7 Å². The first kappa shape index (κ1) is 18.7. The molecule has 0 saturated heterocycles. The largest absolute Gasteiger partial charge is 0.466 e. The number of nitrogens with one attached hydrogen (secondary N) is 1. The van der Waals surface area contributed by atoms with Gasteiger partial charge >= 0.3 is 12.0 Å². The number of hydrogen-bond donors (Lipinski definition) is 1. The first-order valence-corrected chi connectivity index (χ1v) is 8.65. The predicted octanol–water partition coefficient (Wildman–Crippen LogP) is 3.41. The van der Waals surface area contributed by atoms with Crippen LogP contribution in [0.1, 0.15) is 18.5 Å². The molecule has 9 heteroatoms. The summed E-state index contributed by atoms with van der Waals surface area (Å²) < 4.78 is 43.2. The van der Waals surface area contributed by atoms with E-state index in [2.05, 4.69) is 5.32 Å². The van der Waals surface area contributed by atoms with Crippen molar-refractivity contribution in [3.63, 3.8) is 0 Å². The molecule has 0 radical (unpaired) electrons. The summed E-state index contributed by atoms with van der Waals surface area (Å²) in [5.41, 5.74) is 0.636. The molecule has 2 aromatic carbocycles. The molecule has 0 aromatic heterocycles. The molecule has 2 aromatic rings. The molecule has 150 valence electrons. The van der Waals surface area contributed by atoms with E-state index in [1.165, 1.54) is 18.1 Å². The monoisotopic (exact) mass is 402 g/mol. The van der Waals surface area contributed by atoms with Crippen LogP contribution >= 0.6 is 0 Å². The lowest BCUT2D eigenvalue weighted by molar-refractivity contribution is -0.136. The van der Waals surface area contributed by atoms with Gasteiger partial charge in [0.2, 0.25) is 6.79 Å². The van der Waals surface area contributed by atoms with Crippen LogP contribution in [-0.2, 0) is 9.53 Å². The van der Waals surface area contributed by atoms with Crippen molar-refractivity contribution in [3.8, 4) is 11.5 Å². The van der Waals surface area contributed by atoms with Gasteiger partial charge in [-0.25, -0.2) is 18.4 Å². The van der Waals surface area contributed by atoms with Crippen molar-refractivity contribution in [2.75, 3.05) is 18.8 Å². The molecule has 7 nitrogen and oxygen atoms in total. The second-order valence-electron chi connectivity index (χ2n) is 6.41. The van der Waals surface area contributed by atoms with Crippen molar-refractivity contribution in [2.45, 2.75) is 13.0 Å². The summed E-state index contributed by atoms with van der Waals surface area (Å²) >= 11 is 0. The Hall–Kier alpha value is -3.62. The molecule has 2 amide bonds. The zero-order chi connectivity index (χ0) is 20.7. The summed E-state index contributed by atoms with van der Waals surface area (Å²) in [7, 11) is 1.18. The van der Waals surface area contributed by atoms with Gasteiger partial charge in [0.15, 0.2) is 11.5 Å². The fourth-order valence-corrected chi connectivity index (χ4v) is 3.42. The first-order chi connectivity index (χ1) is 13.9. The molecule has 0 fully saturated rings.